The molecule has 0 fully saturated rings. The normalized spacial score (nSPS) is 13.8. The molecule has 0 atom stereocenters. The molecule has 202 valence electrons. The Hall–Kier alpha value is -4.60. The maximum atomic E-state index is 13.3. The van der Waals surface area contributed by atoms with Gasteiger partial charge in [-0.2, -0.15) is 0 Å². The van der Waals surface area contributed by atoms with Crippen LogP contribution in [-0.2, 0) is 26.2 Å². The fourth-order valence-corrected chi connectivity index (χ4v) is 5.73. The number of aromatic nitrogens is 6. The number of nitrogens with zero attached hydrogens (tertiary/aromatic N) is 6. The molecule has 2 aromatic carbocycles. The predicted octanol–water partition coefficient (Wildman–Crippen LogP) is 2.51. The zero-order valence-electron chi connectivity index (χ0n) is 22.6. The number of unbranched alkanes of at least 4 members (excludes halogenated alkanes) is 3. The third kappa shape index (κ3) is 3.93. The largest absolute Gasteiger partial charge is 0.284 e. The molecule has 2 aliphatic carbocycles. The van der Waals surface area contributed by atoms with Gasteiger partial charge in [0.15, 0.2) is 0 Å². The Bertz CT molecular complexity index is 1590. The highest BCUT2D eigenvalue weighted by molar-refractivity contribution is 6.27. The summed E-state index contributed by atoms with van der Waals surface area (Å²) in [6.07, 6.45) is 3.29. The molecule has 0 bridgehead atoms. The number of aryl methyl sites for hydroxylation is 4. The molecule has 0 radical (unpaired) electrons. The second-order valence-corrected chi connectivity index (χ2v) is 10.1. The summed E-state index contributed by atoms with van der Waals surface area (Å²) in [6.45, 7) is 5.84. The third-order valence-corrected chi connectivity index (χ3v) is 7.69. The number of rotatable bonds is 9. The molecular formula is C30H30N6O4+2. The van der Waals surface area contributed by atoms with Crippen molar-refractivity contribution in [3.05, 3.63) is 93.6 Å². The van der Waals surface area contributed by atoms with E-state index in [1.54, 1.807) is 67.3 Å². The summed E-state index contributed by atoms with van der Waals surface area (Å²) in [7, 11) is 0. The number of hydrogen-bond acceptors (Lipinski definition) is 6. The minimum Gasteiger partial charge on any atom is -0.284 e. The summed E-state index contributed by atoms with van der Waals surface area (Å²) in [4.78, 5) is 52.9. The number of hydrogen-bond donors (Lipinski definition) is 0. The van der Waals surface area contributed by atoms with E-state index in [9.17, 15) is 19.2 Å². The molecule has 0 aliphatic heterocycles. The van der Waals surface area contributed by atoms with Crippen molar-refractivity contribution < 1.29 is 28.5 Å². The van der Waals surface area contributed by atoms with Gasteiger partial charge in [-0.25, -0.2) is 0 Å². The molecule has 6 rings (SSSR count). The van der Waals surface area contributed by atoms with Crippen molar-refractivity contribution in [3.63, 3.8) is 0 Å². The van der Waals surface area contributed by atoms with Crippen LogP contribution >= 0.6 is 0 Å². The Morgan fingerprint density at radius 3 is 1.25 bits per heavy atom. The molecule has 0 saturated heterocycles. The fourth-order valence-electron chi connectivity index (χ4n) is 5.73. The number of fused-ring (bicyclic) bond motifs is 4. The summed E-state index contributed by atoms with van der Waals surface area (Å²) < 4.78 is 6.58. The average molecular weight is 539 g/mol. The smallest absolute Gasteiger partial charge is 0.249 e. The lowest BCUT2D eigenvalue weighted by atomic mass is 9.90. The Morgan fingerprint density at radius 1 is 0.550 bits per heavy atom. The van der Waals surface area contributed by atoms with Gasteiger partial charge in [-0.05, 0) is 39.5 Å². The van der Waals surface area contributed by atoms with Crippen molar-refractivity contribution in [3.8, 4) is 0 Å². The molecule has 0 spiro atoms. The van der Waals surface area contributed by atoms with Crippen molar-refractivity contribution in [1.29, 1.82) is 0 Å². The van der Waals surface area contributed by atoms with Crippen LogP contribution in [0.2, 0.25) is 0 Å². The van der Waals surface area contributed by atoms with Crippen LogP contribution in [0.15, 0.2) is 48.5 Å². The predicted molar refractivity (Wildman–Crippen MR) is 141 cm³/mol. The van der Waals surface area contributed by atoms with Gasteiger partial charge in [0, 0.05) is 22.3 Å². The van der Waals surface area contributed by atoms with Gasteiger partial charge < -0.3 is 0 Å². The van der Waals surface area contributed by atoms with E-state index in [0.29, 0.717) is 71.2 Å². The number of carbonyl (C=O) groups excluding carboxylic acids is 4. The van der Waals surface area contributed by atoms with E-state index in [2.05, 4.69) is 10.4 Å². The minimum atomic E-state index is -0.168. The van der Waals surface area contributed by atoms with Crippen LogP contribution in [-0.4, -0.2) is 42.9 Å². The highest BCUT2D eigenvalue weighted by Gasteiger charge is 2.43. The Labute approximate surface area is 230 Å². The quantitative estimate of drug-likeness (QED) is 0.207. The second-order valence-electron chi connectivity index (χ2n) is 10.1. The van der Waals surface area contributed by atoms with Crippen LogP contribution in [0.4, 0.5) is 0 Å². The Kier molecular flexibility index (Phi) is 6.53. The molecule has 40 heavy (non-hydrogen) atoms. The zero-order chi connectivity index (χ0) is 28.0. The third-order valence-electron chi connectivity index (χ3n) is 7.69. The van der Waals surface area contributed by atoms with Gasteiger partial charge >= 0.3 is 0 Å². The van der Waals surface area contributed by atoms with Crippen molar-refractivity contribution in [2.75, 3.05) is 0 Å². The lowest BCUT2D eigenvalue weighted by Crippen LogP contribution is -2.44. The van der Waals surface area contributed by atoms with E-state index in [4.69, 9.17) is 0 Å². The van der Waals surface area contributed by atoms with E-state index < -0.39 is 0 Å². The van der Waals surface area contributed by atoms with Gasteiger partial charge in [-0.15, -0.1) is 18.7 Å². The number of ketones is 4. The van der Waals surface area contributed by atoms with Gasteiger partial charge in [-0.3, -0.25) is 19.2 Å². The van der Waals surface area contributed by atoms with Crippen molar-refractivity contribution in [1.82, 2.24) is 19.8 Å². The minimum absolute atomic E-state index is 0.166. The maximum absolute atomic E-state index is 13.3. The summed E-state index contributed by atoms with van der Waals surface area (Å²) in [5.74, 6) is -0.668. The molecule has 4 aromatic rings. The maximum Gasteiger partial charge on any atom is 0.249 e. The number of carbonyl (C=O) groups is 4. The van der Waals surface area contributed by atoms with Crippen molar-refractivity contribution >= 4 is 23.1 Å². The highest BCUT2D eigenvalue weighted by atomic mass is 16.2. The first kappa shape index (κ1) is 25.7. The van der Waals surface area contributed by atoms with Gasteiger partial charge in [-0.1, -0.05) is 48.5 Å². The summed E-state index contributed by atoms with van der Waals surface area (Å²) in [5.41, 5.74) is 3.15. The lowest BCUT2D eigenvalue weighted by molar-refractivity contribution is -0.758. The SMILES string of the molecule is CCn1n[n+](CCCCCC[n+]2nn(CC)c3c2C(=O)c2ccccc2C3=O)c2c1C(=O)c1ccccc1C2=O. The molecule has 2 heterocycles. The molecule has 10 heteroatoms. The van der Waals surface area contributed by atoms with Crippen LogP contribution in [0.25, 0.3) is 0 Å². The Balaban J connectivity index is 1.12. The lowest BCUT2D eigenvalue weighted by Gasteiger charge is -2.11. The van der Waals surface area contributed by atoms with E-state index >= 15 is 0 Å². The molecule has 0 N–H and O–H groups in total. The van der Waals surface area contributed by atoms with Crippen LogP contribution < -0.4 is 9.36 Å². The summed E-state index contributed by atoms with van der Waals surface area (Å²) in [5, 5.41) is 9.12. The zero-order valence-corrected chi connectivity index (χ0v) is 22.6. The van der Waals surface area contributed by atoms with E-state index in [-0.39, 0.29) is 23.1 Å². The Morgan fingerprint density at radius 2 is 0.900 bits per heavy atom. The fraction of sp³-hybridized carbons (Fsp3) is 0.333. The first-order valence-electron chi connectivity index (χ1n) is 13.8. The molecule has 0 amide bonds. The number of benzene rings is 2. The molecule has 2 aromatic heterocycles. The van der Waals surface area contributed by atoms with Gasteiger partial charge in [0.25, 0.3) is 0 Å². The van der Waals surface area contributed by atoms with Crippen LogP contribution in [0.1, 0.15) is 104 Å². The standard InChI is InChI=1S/C30H30N6O4/c1-3-33-23-25(29(39)21-15-9-7-13-19(21)27(23)37)35(31-33)17-11-5-6-12-18-36-26-24(34(4-2)32-36)28(38)20-14-8-10-16-22(20)30(26)40/h7-10,13-16H,3-6,11-12,17-18H2,1-2H3/q+2. The van der Waals surface area contributed by atoms with Gasteiger partial charge in [0.05, 0.1) is 10.4 Å². The summed E-state index contributed by atoms with van der Waals surface area (Å²) in [6, 6.07) is 13.8. The molecule has 2 aliphatic rings. The molecule has 0 unspecified atom stereocenters. The first-order chi connectivity index (χ1) is 19.5. The highest BCUT2D eigenvalue weighted by Crippen LogP contribution is 2.26. The average Bonchev–Trinajstić information content (AvgIpc) is 3.55. The van der Waals surface area contributed by atoms with E-state index in [0.717, 1.165) is 25.7 Å². The van der Waals surface area contributed by atoms with Crippen LogP contribution in [0, 0.1) is 0 Å². The van der Waals surface area contributed by atoms with Gasteiger partial charge in [0.2, 0.25) is 45.9 Å². The van der Waals surface area contributed by atoms with Crippen LogP contribution in [0.3, 0.4) is 0 Å². The van der Waals surface area contributed by atoms with Gasteiger partial charge in [0.1, 0.15) is 26.2 Å². The molecule has 10 nitrogen and oxygen atoms in total. The van der Waals surface area contributed by atoms with E-state index in [1.807, 2.05) is 13.8 Å². The van der Waals surface area contributed by atoms with Crippen LogP contribution in [0.5, 0.6) is 0 Å². The van der Waals surface area contributed by atoms with Crippen molar-refractivity contribution in [2.45, 2.75) is 65.7 Å². The topological polar surface area (TPSA) is 112 Å². The first-order valence-corrected chi connectivity index (χ1v) is 13.8. The molecular weight excluding hydrogens is 508 g/mol. The second kappa shape index (κ2) is 10.2. The molecule has 0 saturated carbocycles. The summed E-state index contributed by atoms with van der Waals surface area (Å²) >= 11 is 0. The van der Waals surface area contributed by atoms with Crippen molar-refractivity contribution in [2.24, 2.45) is 0 Å². The van der Waals surface area contributed by atoms with E-state index in [1.165, 1.54) is 0 Å². The monoisotopic (exact) mass is 538 g/mol.